The van der Waals surface area contributed by atoms with Gasteiger partial charge in [-0.05, 0) is 49.9 Å². The number of carbonyl (C=O) groups excluding carboxylic acids is 2. The highest BCUT2D eigenvalue weighted by Gasteiger charge is 2.35. The monoisotopic (exact) mass is 368 g/mol. The van der Waals surface area contributed by atoms with Gasteiger partial charge in [0, 0.05) is 13.0 Å². The number of likely N-dealkylation sites (tertiary alicyclic amines) is 1. The Kier molecular flexibility index (Phi) is 5.14. The van der Waals surface area contributed by atoms with E-state index in [1.807, 2.05) is 30.3 Å². The van der Waals surface area contributed by atoms with E-state index >= 15 is 0 Å². The summed E-state index contributed by atoms with van der Waals surface area (Å²) in [6, 6.07) is 11.1. The van der Waals surface area contributed by atoms with Crippen LogP contribution in [-0.4, -0.2) is 29.4 Å². The van der Waals surface area contributed by atoms with E-state index in [0.717, 1.165) is 18.6 Å². The molecule has 6 heteroatoms. The molecule has 1 saturated heterocycles. The van der Waals surface area contributed by atoms with Crippen LogP contribution in [0.2, 0.25) is 0 Å². The molecule has 2 amide bonds. The third kappa shape index (κ3) is 4.15. The molecule has 1 N–H and O–H groups in total. The molecule has 142 valence electrons. The van der Waals surface area contributed by atoms with E-state index in [1.54, 1.807) is 17.2 Å². The number of anilines is 1. The summed E-state index contributed by atoms with van der Waals surface area (Å²) in [6.45, 7) is 0.800. The molecule has 0 spiro atoms. The molecule has 2 heterocycles. The first kappa shape index (κ1) is 17.6. The maximum Gasteiger partial charge on any atom is 0.229 e. The van der Waals surface area contributed by atoms with Gasteiger partial charge >= 0.3 is 0 Å². The summed E-state index contributed by atoms with van der Waals surface area (Å²) in [4.78, 5) is 26.6. The van der Waals surface area contributed by atoms with Crippen molar-refractivity contribution in [3.05, 3.63) is 48.4 Å². The molecule has 1 aromatic heterocycles. The number of nitrogens with one attached hydrogen (secondary N) is 1. The number of benzene rings is 1. The van der Waals surface area contributed by atoms with Crippen LogP contribution >= 0.6 is 0 Å². The van der Waals surface area contributed by atoms with Crippen molar-refractivity contribution >= 4 is 17.5 Å². The number of ether oxygens (including phenoxy) is 1. The molecule has 0 radical (unpaired) electrons. The van der Waals surface area contributed by atoms with Gasteiger partial charge in [-0.25, -0.2) is 0 Å². The van der Waals surface area contributed by atoms with E-state index in [1.165, 1.54) is 12.8 Å². The van der Waals surface area contributed by atoms with Crippen LogP contribution < -0.4 is 10.1 Å². The molecular formula is C21H24N2O4. The lowest BCUT2D eigenvalue weighted by Crippen LogP contribution is -2.28. The van der Waals surface area contributed by atoms with Gasteiger partial charge in [0.1, 0.15) is 11.5 Å². The van der Waals surface area contributed by atoms with E-state index in [0.29, 0.717) is 24.5 Å². The molecule has 1 saturated carbocycles. The second-order valence-corrected chi connectivity index (χ2v) is 7.26. The van der Waals surface area contributed by atoms with Crippen molar-refractivity contribution in [3.63, 3.8) is 0 Å². The second kappa shape index (κ2) is 7.86. The number of amides is 2. The minimum atomic E-state index is -0.369. The average molecular weight is 368 g/mol. The minimum absolute atomic E-state index is 0.0259. The Labute approximate surface area is 158 Å². The van der Waals surface area contributed by atoms with Gasteiger partial charge in [-0.15, -0.1) is 0 Å². The topological polar surface area (TPSA) is 71.8 Å². The summed E-state index contributed by atoms with van der Waals surface area (Å²) in [5.74, 6) is 0.885. The number of hydrogen-bond donors (Lipinski definition) is 1. The van der Waals surface area contributed by atoms with Crippen LogP contribution in [0.4, 0.5) is 5.69 Å². The van der Waals surface area contributed by atoms with Crippen molar-refractivity contribution in [2.45, 2.75) is 44.8 Å². The first-order valence-corrected chi connectivity index (χ1v) is 9.56. The van der Waals surface area contributed by atoms with Crippen LogP contribution in [0, 0.1) is 5.92 Å². The molecule has 27 heavy (non-hydrogen) atoms. The molecule has 4 rings (SSSR count). The van der Waals surface area contributed by atoms with Crippen molar-refractivity contribution in [1.29, 1.82) is 0 Å². The van der Waals surface area contributed by atoms with Crippen LogP contribution in [0.15, 0.2) is 47.1 Å². The van der Waals surface area contributed by atoms with E-state index < -0.39 is 0 Å². The van der Waals surface area contributed by atoms with E-state index in [9.17, 15) is 9.59 Å². The van der Waals surface area contributed by atoms with Gasteiger partial charge in [-0.3, -0.25) is 9.59 Å². The second-order valence-electron chi connectivity index (χ2n) is 7.26. The molecule has 1 aliphatic carbocycles. The zero-order valence-corrected chi connectivity index (χ0v) is 15.2. The zero-order valence-electron chi connectivity index (χ0n) is 15.2. The van der Waals surface area contributed by atoms with Crippen molar-refractivity contribution < 1.29 is 18.7 Å². The van der Waals surface area contributed by atoms with Gasteiger partial charge < -0.3 is 19.4 Å². The first-order chi connectivity index (χ1) is 13.2. The van der Waals surface area contributed by atoms with Gasteiger partial charge in [0.25, 0.3) is 0 Å². The van der Waals surface area contributed by atoms with E-state index in [4.69, 9.17) is 9.15 Å². The Hall–Kier alpha value is -2.76. The molecule has 2 fully saturated rings. The molecule has 0 unspecified atom stereocenters. The summed E-state index contributed by atoms with van der Waals surface area (Å²) >= 11 is 0. The summed E-state index contributed by atoms with van der Waals surface area (Å²) in [7, 11) is 0. The van der Waals surface area contributed by atoms with Crippen LogP contribution in [0.1, 0.15) is 37.9 Å². The zero-order chi connectivity index (χ0) is 18.6. The standard InChI is InChI=1S/C21H24N2O4/c24-20-12-15(13-23(20)14-17-8-5-11-26-17)21(25)22-18-9-3-4-10-19(18)27-16-6-1-2-7-16/h3-5,8-11,15-16H,1-2,6-7,12-14H2,(H,22,25)/t15-/m1/s1. The maximum atomic E-state index is 12.7. The third-order valence-electron chi connectivity index (χ3n) is 5.25. The Bertz CT molecular complexity index is 796. The quantitative estimate of drug-likeness (QED) is 0.846. The maximum absolute atomic E-state index is 12.7. The fourth-order valence-electron chi connectivity index (χ4n) is 3.78. The Morgan fingerprint density at radius 1 is 1.19 bits per heavy atom. The van der Waals surface area contributed by atoms with Crippen molar-refractivity contribution in [2.75, 3.05) is 11.9 Å². The normalized spacial score (nSPS) is 20.2. The number of furan rings is 1. The smallest absolute Gasteiger partial charge is 0.229 e. The number of para-hydroxylation sites is 2. The van der Waals surface area contributed by atoms with Crippen LogP contribution in [-0.2, 0) is 16.1 Å². The highest BCUT2D eigenvalue weighted by Crippen LogP contribution is 2.31. The number of nitrogens with zero attached hydrogens (tertiary/aromatic N) is 1. The Morgan fingerprint density at radius 3 is 2.78 bits per heavy atom. The van der Waals surface area contributed by atoms with Crippen molar-refractivity contribution in [3.8, 4) is 5.75 Å². The van der Waals surface area contributed by atoms with Crippen LogP contribution in [0.5, 0.6) is 5.75 Å². The Morgan fingerprint density at radius 2 is 2.00 bits per heavy atom. The predicted octanol–water partition coefficient (Wildman–Crippen LogP) is 3.59. The van der Waals surface area contributed by atoms with E-state index in [-0.39, 0.29) is 30.3 Å². The summed E-state index contributed by atoms with van der Waals surface area (Å²) in [5.41, 5.74) is 0.673. The fraction of sp³-hybridized carbons (Fsp3) is 0.429. The van der Waals surface area contributed by atoms with Crippen LogP contribution in [0.3, 0.4) is 0 Å². The number of hydrogen-bond acceptors (Lipinski definition) is 4. The average Bonchev–Trinajstić information content (AvgIpc) is 3.41. The fourth-order valence-corrected chi connectivity index (χ4v) is 3.78. The largest absolute Gasteiger partial charge is 0.488 e. The summed E-state index contributed by atoms with van der Waals surface area (Å²) < 4.78 is 11.4. The molecule has 6 nitrogen and oxygen atoms in total. The van der Waals surface area contributed by atoms with Crippen molar-refractivity contribution in [1.82, 2.24) is 4.90 Å². The van der Waals surface area contributed by atoms with Crippen LogP contribution in [0.25, 0.3) is 0 Å². The van der Waals surface area contributed by atoms with Gasteiger partial charge in [-0.2, -0.15) is 0 Å². The molecule has 0 bridgehead atoms. The number of rotatable bonds is 6. The lowest BCUT2D eigenvalue weighted by molar-refractivity contribution is -0.128. The molecule has 2 aliphatic rings. The molecule has 1 aromatic carbocycles. The Balaban J connectivity index is 1.38. The molecule has 1 atom stereocenters. The van der Waals surface area contributed by atoms with Crippen molar-refractivity contribution in [2.24, 2.45) is 5.92 Å². The molecule has 2 aromatic rings. The molecular weight excluding hydrogens is 344 g/mol. The number of carbonyl (C=O) groups is 2. The molecule has 1 aliphatic heterocycles. The van der Waals surface area contributed by atoms with Gasteiger partial charge in [0.05, 0.1) is 30.5 Å². The lowest BCUT2D eigenvalue weighted by atomic mass is 10.1. The highest BCUT2D eigenvalue weighted by molar-refractivity contribution is 5.98. The van der Waals surface area contributed by atoms with E-state index in [2.05, 4.69) is 5.32 Å². The minimum Gasteiger partial charge on any atom is -0.488 e. The SMILES string of the molecule is O=C(Nc1ccccc1OC1CCCC1)[C@@H]1CC(=O)N(Cc2ccco2)C1. The third-order valence-corrected chi connectivity index (χ3v) is 5.25. The van der Waals surface area contributed by atoms with Gasteiger partial charge in [-0.1, -0.05) is 12.1 Å². The first-order valence-electron chi connectivity index (χ1n) is 9.56. The van der Waals surface area contributed by atoms with Gasteiger partial charge in [0.15, 0.2) is 0 Å². The van der Waals surface area contributed by atoms with Gasteiger partial charge in [0.2, 0.25) is 11.8 Å². The summed E-state index contributed by atoms with van der Waals surface area (Å²) in [6.07, 6.45) is 6.52. The lowest BCUT2D eigenvalue weighted by Gasteiger charge is -2.18. The summed E-state index contributed by atoms with van der Waals surface area (Å²) in [5, 5.41) is 2.96. The predicted molar refractivity (Wildman–Crippen MR) is 100 cm³/mol. The highest BCUT2D eigenvalue weighted by atomic mass is 16.5.